The lowest BCUT2D eigenvalue weighted by Gasteiger charge is -2.24. The number of nitrogen functional groups attached to an aromatic ring is 1. The monoisotopic (exact) mass is 238 g/mol. The van der Waals surface area contributed by atoms with Crippen LogP contribution in [0.15, 0.2) is 0 Å². The molecule has 1 aromatic rings. The third-order valence-electron chi connectivity index (χ3n) is 2.48. The van der Waals surface area contributed by atoms with Crippen LogP contribution in [0.4, 0.5) is 11.5 Å². The van der Waals surface area contributed by atoms with Crippen molar-refractivity contribution in [3.05, 3.63) is 5.82 Å². The van der Waals surface area contributed by atoms with E-state index < -0.39 is 0 Å². The summed E-state index contributed by atoms with van der Waals surface area (Å²) in [7, 11) is 1.58. The van der Waals surface area contributed by atoms with Crippen molar-refractivity contribution in [2.45, 2.75) is 33.6 Å². The van der Waals surface area contributed by atoms with E-state index in [-0.39, 0.29) is 0 Å². The van der Waals surface area contributed by atoms with Crippen LogP contribution < -0.4 is 15.4 Å². The highest BCUT2D eigenvalue weighted by atomic mass is 16.5. The second-order valence-electron chi connectivity index (χ2n) is 4.00. The highest BCUT2D eigenvalue weighted by molar-refractivity contribution is 5.68. The molecular weight excluding hydrogens is 216 g/mol. The number of aromatic nitrogens is 2. The standard InChI is InChI=1S/C12H22N4O/c1-5-7-16(8-6-2)11-10(13)12(17-4)15-9(3)14-11/h5-8,13H2,1-4H3. The molecule has 96 valence electrons. The lowest BCUT2D eigenvalue weighted by atomic mass is 10.3. The van der Waals surface area contributed by atoms with E-state index in [2.05, 4.69) is 28.7 Å². The molecule has 1 aromatic heterocycles. The van der Waals surface area contributed by atoms with Crippen molar-refractivity contribution in [2.24, 2.45) is 0 Å². The Balaban J connectivity index is 3.12. The Bertz CT molecular complexity index is 362. The predicted molar refractivity (Wildman–Crippen MR) is 70.5 cm³/mol. The van der Waals surface area contributed by atoms with E-state index in [1.54, 1.807) is 7.11 Å². The van der Waals surface area contributed by atoms with Crippen LogP contribution in [0.1, 0.15) is 32.5 Å². The van der Waals surface area contributed by atoms with Gasteiger partial charge in [0.15, 0.2) is 5.82 Å². The third-order valence-corrected chi connectivity index (χ3v) is 2.48. The van der Waals surface area contributed by atoms with Gasteiger partial charge in [0.1, 0.15) is 11.5 Å². The second kappa shape index (κ2) is 6.27. The van der Waals surface area contributed by atoms with Crippen LogP contribution in [0.25, 0.3) is 0 Å². The summed E-state index contributed by atoms with van der Waals surface area (Å²) in [4.78, 5) is 10.8. The van der Waals surface area contributed by atoms with Crippen molar-refractivity contribution in [1.29, 1.82) is 0 Å². The molecule has 0 radical (unpaired) electrons. The molecule has 0 amide bonds. The van der Waals surface area contributed by atoms with Crippen LogP contribution in [0, 0.1) is 6.92 Å². The van der Waals surface area contributed by atoms with Gasteiger partial charge in [0, 0.05) is 13.1 Å². The Morgan fingerprint density at radius 1 is 1.18 bits per heavy atom. The van der Waals surface area contributed by atoms with Gasteiger partial charge in [-0.3, -0.25) is 0 Å². The van der Waals surface area contributed by atoms with Crippen LogP contribution in [-0.4, -0.2) is 30.2 Å². The number of hydrogen-bond donors (Lipinski definition) is 1. The Morgan fingerprint density at radius 3 is 2.24 bits per heavy atom. The van der Waals surface area contributed by atoms with Crippen LogP contribution in [0.3, 0.4) is 0 Å². The van der Waals surface area contributed by atoms with Crippen molar-refractivity contribution in [3.8, 4) is 5.88 Å². The van der Waals surface area contributed by atoms with Crippen LogP contribution in [0.5, 0.6) is 5.88 Å². The zero-order valence-electron chi connectivity index (χ0n) is 11.2. The minimum atomic E-state index is 0.463. The first kappa shape index (κ1) is 13.5. The normalized spacial score (nSPS) is 10.4. The molecule has 1 rings (SSSR count). The molecule has 0 spiro atoms. The number of ether oxygens (including phenoxy) is 1. The lowest BCUT2D eigenvalue weighted by molar-refractivity contribution is 0.398. The van der Waals surface area contributed by atoms with Gasteiger partial charge in [0.25, 0.3) is 0 Å². The molecule has 0 aliphatic carbocycles. The van der Waals surface area contributed by atoms with Gasteiger partial charge >= 0.3 is 0 Å². The minimum Gasteiger partial charge on any atom is -0.479 e. The predicted octanol–water partition coefficient (Wildman–Crippen LogP) is 2.00. The molecule has 0 aliphatic heterocycles. The maximum absolute atomic E-state index is 6.03. The number of nitrogens with two attached hydrogens (primary N) is 1. The average molecular weight is 238 g/mol. The van der Waals surface area contributed by atoms with Crippen molar-refractivity contribution < 1.29 is 4.74 Å². The number of nitrogens with zero attached hydrogens (tertiary/aromatic N) is 3. The smallest absolute Gasteiger partial charge is 0.242 e. The zero-order chi connectivity index (χ0) is 12.8. The van der Waals surface area contributed by atoms with Gasteiger partial charge in [0.05, 0.1) is 7.11 Å². The third kappa shape index (κ3) is 3.22. The fourth-order valence-electron chi connectivity index (χ4n) is 1.80. The molecule has 0 atom stereocenters. The Labute approximate surface area is 103 Å². The summed E-state index contributed by atoms with van der Waals surface area (Å²) in [5.41, 5.74) is 6.56. The first-order valence-corrected chi connectivity index (χ1v) is 6.07. The highest BCUT2D eigenvalue weighted by Crippen LogP contribution is 2.28. The molecule has 0 saturated carbocycles. The first-order valence-electron chi connectivity index (χ1n) is 6.07. The summed E-state index contributed by atoms with van der Waals surface area (Å²) in [6.45, 7) is 8.02. The molecule has 1 heterocycles. The minimum absolute atomic E-state index is 0.463. The molecule has 2 N–H and O–H groups in total. The van der Waals surface area contributed by atoms with E-state index in [9.17, 15) is 0 Å². The van der Waals surface area contributed by atoms with E-state index in [0.29, 0.717) is 17.4 Å². The largest absolute Gasteiger partial charge is 0.479 e. The summed E-state index contributed by atoms with van der Waals surface area (Å²) < 4.78 is 5.17. The molecule has 0 aromatic carbocycles. The van der Waals surface area contributed by atoms with Crippen LogP contribution in [-0.2, 0) is 0 Å². The molecule has 0 saturated heterocycles. The van der Waals surface area contributed by atoms with Gasteiger partial charge in [0.2, 0.25) is 5.88 Å². The second-order valence-corrected chi connectivity index (χ2v) is 4.00. The Morgan fingerprint density at radius 2 is 1.76 bits per heavy atom. The summed E-state index contributed by atoms with van der Waals surface area (Å²) in [6, 6.07) is 0. The van der Waals surface area contributed by atoms with E-state index in [1.165, 1.54) is 0 Å². The van der Waals surface area contributed by atoms with Crippen molar-refractivity contribution in [3.63, 3.8) is 0 Å². The molecule has 5 nitrogen and oxygen atoms in total. The molecule has 5 heteroatoms. The van der Waals surface area contributed by atoms with E-state index in [1.807, 2.05) is 6.92 Å². The fourth-order valence-corrected chi connectivity index (χ4v) is 1.80. The van der Waals surface area contributed by atoms with Crippen LogP contribution in [0.2, 0.25) is 0 Å². The number of aryl methyl sites for hydroxylation is 1. The maximum atomic E-state index is 6.03. The maximum Gasteiger partial charge on any atom is 0.242 e. The average Bonchev–Trinajstić information content (AvgIpc) is 2.31. The van der Waals surface area contributed by atoms with E-state index >= 15 is 0 Å². The Kier molecular flexibility index (Phi) is 5.00. The van der Waals surface area contributed by atoms with Crippen molar-refractivity contribution >= 4 is 11.5 Å². The van der Waals surface area contributed by atoms with Gasteiger partial charge in [-0.2, -0.15) is 4.98 Å². The molecule has 0 aliphatic rings. The first-order chi connectivity index (χ1) is 8.13. The van der Waals surface area contributed by atoms with Crippen molar-refractivity contribution in [2.75, 3.05) is 30.8 Å². The summed E-state index contributed by atoms with van der Waals surface area (Å²) in [5, 5.41) is 0. The molecule has 17 heavy (non-hydrogen) atoms. The zero-order valence-corrected chi connectivity index (χ0v) is 11.2. The molecule has 0 unspecified atom stereocenters. The summed E-state index contributed by atoms with van der Waals surface area (Å²) in [6.07, 6.45) is 2.12. The van der Waals surface area contributed by atoms with Gasteiger partial charge in [-0.1, -0.05) is 13.8 Å². The van der Waals surface area contributed by atoms with Crippen molar-refractivity contribution in [1.82, 2.24) is 9.97 Å². The summed E-state index contributed by atoms with van der Waals surface area (Å²) in [5.74, 6) is 1.94. The highest BCUT2D eigenvalue weighted by Gasteiger charge is 2.15. The van der Waals surface area contributed by atoms with Gasteiger partial charge in [-0.15, -0.1) is 0 Å². The molecular formula is C12H22N4O. The quantitative estimate of drug-likeness (QED) is 0.821. The van der Waals surface area contributed by atoms with Gasteiger partial charge in [-0.25, -0.2) is 4.98 Å². The SMILES string of the molecule is CCCN(CCC)c1nc(C)nc(OC)c1N. The molecule has 0 fully saturated rings. The number of anilines is 2. The topological polar surface area (TPSA) is 64.3 Å². The fraction of sp³-hybridized carbons (Fsp3) is 0.667. The Hall–Kier alpha value is -1.52. The van der Waals surface area contributed by atoms with Gasteiger partial charge < -0.3 is 15.4 Å². The summed E-state index contributed by atoms with van der Waals surface area (Å²) >= 11 is 0. The van der Waals surface area contributed by atoms with E-state index in [4.69, 9.17) is 10.5 Å². The number of hydrogen-bond acceptors (Lipinski definition) is 5. The van der Waals surface area contributed by atoms with Gasteiger partial charge in [-0.05, 0) is 19.8 Å². The lowest BCUT2D eigenvalue weighted by Crippen LogP contribution is -2.27. The molecule has 0 bridgehead atoms. The van der Waals surface area contributed by atoms with E-state index in [0.717, 1.165) is 31.7 Å². The number of methoxy groups -OCH3 is 1. The number of rotatable bonds is 6. The van der Waals surface area contributed by atoms with Crippen LogP contribution >= 0.6 is 0 Å².